The van der Waals surface area contributed by atoms with Crippen LogP contribution in [0.5, 0.6) is 0 Å². The van der Waals surface area contributed by atoms with Gasteiger partial charge in [0.25, 0.3) is 0 Å². The summed E-state index contributed by atoms with van der Waals surface area (Å²) in [5, 5.41) is 0. The van der Waals surface area contributed by atoms with Crippen molar-refractivity contribution in [2.45, 2.75) is 31.5 Å². The van der Waals surface area contributed by atoms with Gasteiger partial charge in [-0.05, 0) is 23.5 Å². The van der Waals surface area contributed by atoms with E-state index in [1.54, 1.807) is 14.2 Å². The van der Waals surface area contributed by atoms with Gasteiger partial charge in [-0.1, -0.05) is 31.2 Å². The summed E-state index contributed by atoms with van der Waals surface area (Å²) in [5.41, 5.74) is 2.83. The third kappa shape index (κ3) is 1.80. The van der Waals surface area contributed by atoms with Gasteiger partial charge < -0.3 is 9.47 Å². The molecule has 82 valence electrons. The second-order valence-electron chi connectivity index (χ2n) is 4.21. The molecule has 0 aliphatic heterocycles. The molecule has 0 amide bonds. The van der Waals surface area contributed by atoms with Gasteiger partial charge in [-0.2, -0.15) is 0 Å². The maximum Gasteiger partial charge on any atom is 0.163 e. The summed E-state index contributed by atoms with van der Waals surface area (Å²) in [6.45, 7) is 2.27. The van der Waals surface area contributed by atoms with Crippen LogP contribution in [0.2, 0.25) is 0 Å². The highest BCUT2D eigenvalue weighted by molar-refractivity contribution is 5.38. The molecule has 2 rings (SSSR count). The van der Waals surface area contributed by atoms with Crippen molar-refractivity contribution >= 4 is 0 Å². The molecule has 1 aliphatic rings. The lowest BCUT2D eigenvalue weighted by Gasteiger charge is -2.21. The van der Waals surface area contributed by atoms with Crippen LogP contribution in [-0.2, 0) is 9.47 Å². The average Bonchev–Trinajstić information content (AvgIpc) is 2.60. The van der Waals surface area contributed by atoms with Gasteiger partial charge in [-0.25, -0.2) is 0 Å². The Kier molecular flexibility index (Phi) is 3.08. The van der Waals surface area contributed by atoms with Crippen LogP contribution >= 0.6 is 0 Å². The molecule has 0 spiro atoms. The predicted octanol–water partition coefficient (Wildman–Crippen LogP) is 2.90. The molecule has 2 atom stereocenters. The molecule has 0 saturated carbocycles. The van der Waals surface area contributed by atoms with Gasteiger partial charge in [-0.15, -0.1) is 0 Å². The van der Waals surface area contributed by atoms with E-state index in [4.69, 9.17) is 9.47 Å². The second kappa shape index (κ2) is 4.33. The number of rotatable bonds is 3. The molecular formula is C13H18O2. The zero-order valence-corrected chi connectivity index (χ0v) is 9.57. The molecule has 1 aliphatic carbocycles. The molecule has 2 nitrogen and oxygen atoms in total. The SMILES string of the molecule is COC(OC)[C@H]1C[C@H](C)c2ccccc21. The molecule has 0 unspecified atom stereocenters. The van der Waals surface area contributed by atoms with Crippen LogP contribution in [0.1, 0.15) is 36.3 Å². The number of hydrogen-bond acceptors (Lipinski definition) is 2. The summed E-state index contributed by atoms with van der Waals surface area (Å²) in [7, 11) is 3.42. The van der Waals surface area contributed by atoms with Crippen molar-refractivity contribution in [1.82, 2.24) is 0 Å². The summed E-state index contributed by atoms with van der Waals surface area (Å²) < 4.78 is 10.7. The average molecular weight is 206 g/mol. The van der Waals surface area contributed by atoms with Crippen molar-refractivity contribution in [2.75, 3.05) is 14.2 Å². The Hall–Kier alpha value is -0.860. The third-order valence-corrected chi connectivity index (χ3v) is 3.33. The number of ether oxygens (including phenoxy) is 2. The van der Waals surface area contributed by atoms with Crippen LogP contribution in [0.25, 0.3) is 0 Å². The highest BCUT2D eigenvalue weighted by Crippen LogP contribution is 2.43. The smallest absolute Gasteiger partial charge is 0.163 e. The Morgan fingerprint density at radius 1 is 1.13 bits per heavy atom. The summed E-state index contributed by atoms with van der Waals surface area (Å²) in [4.78, 5) is 0. The quantitative estimate of drug-likeness (QED) is 0.708. The van der Waals surface area contributed by atoms with Crippen molar-refractivity contribution in [3.05, 3.63) is 35.4 Å². The zero-order valence-electron chi connectivity index (χ0n) is 9.57. The first kappa shape index (κ1) is 10.7. The summed E-state index contributed by atoms with van der Waals surface area (Å²) >= 11 is 0. The summed E-state index contributed by atoms with van der Waals surface area (Å²) in [6, 6.07) is 8.59. The Bertz CT molecular complexity index is 331. The molecule has 0 bridgehead atoms. The van der Waals surface area contributed by atoms with Gasteiger partial charge >= 0.3 is 0 Å². The van der Waals surface area contributed by atoms with E-state index in [9.17, 15) is 0 Å². The number of fused-ring (bicyclic) bond motifs is 1. The molecular weight excluding hydrogens is 188 g/mol. The fourth-order valence-corrected chi connectivity index (χ4v) is 2.61. The molecule has 15 heavy (non-hydrogen) atoms. The minimum atomic E-state index is -0.115. The summed E-state index contributed by atoms with van der Waals surface area (Å²) in [5.74, 6) is 0.991. The van der Waals surface area contributed by atoms with E-state index < -0.39 is 0 Å². The summed E-state index contributed by atoms with van der Waals surface area (Å²) in [6.07, 6.45) is 1.00. The lowest BCUT2D eigenvalue weighted by atomic mass is 10.0. The van der Waals surface area contributed by atoms with E-state index in [0.717, 1.165) is 6.42 Å². The van der Waals surface area contributed by atoms with Crippen LogP contribution in [0.3, 0.4) is 0 Å². The first-order chi connectivity index (χ1) is 7.27. The predicted molar refractivity (Wildman–Crippen MR) is 60.0 cm³/mol. The van der Waals surface area contributed by atoms with E-state index in [1.807, 2.05) is 0 Å². The van der Waals surface area contributed by atoms with Gasteiger partial charge in [0.15, 0.2) is 6.29 Å². The molecule has 0 radical (unpaired) electrons. The lowest BCUT2D eigenvalue weighted by molar-refractivity contribution is -0.118. The van der Waals surface area contributed by atoms with E-state index in [2.05, 4.69) is 31.2 Å². The van der Waals surface area contributed by atoms with E-state index in [1.165, 1.54) is 11.1 Å². The second-order valence-corrected chi connectivity index (χ2v) is 4.21. The van der Waals surface area contributed by atoms with Gasteiger partial charge in [-0.3, -0.25) is 0 Å². The number of methoxy groups -OCH3 is 2. The van der Waals surface area contributed by atoms with Crippen molar-refractivity contribution in [3.8, 4) is 0 Å². The molecule has 1 aromatic rings. The maximum absolute atomic E-state index is 5.37. The normalized spacial score (nSPS) is 24.5. The third-order valence-electron chi connectivity index (χ3n) is 3.33. The Labute approximate surface area is 91.2 Å². The maximum atomic E-state index is 5.37. The molecule has 2 heteroatoms. The van der Waals surface area contributed by atoms with Crippen LogP contribution in [0.4, 0.5) is 0 Å². The number of hydrogen-bond donors (Lipinski definition) is 0. The van der Waals surface area contributed by atoms with Crippen molar-refractivity contribution in [1.29, 1.82) is 0 Å². The van der Waals surface area contributed by atoms with E-state index in [-0.39, 0.29) is 6.29 Å². The first-order valence-corrected chi connectivity index (χ1v) is 5.42. The monoisotopic (exact) mass is 206 g/mol. The van der Waals surface area contributed by atoms with Crippen LogP contribution in [-0.4, -0.2) is 20.5 Å². The largest absolute Gasteiger partial charge is 0.355 e. The number of benzene rings is 1. The minimum Gasteiger partial charge on any atom is -0.355 e. The van der Waals surface area contributed by atoms with Crippen LogP contribution < -0.4 is 0 Å². The van der Waals surface area contributed by atoms with Crippen LogP contribution in [0.15, 0.2) is 24.3 Å². The molecule has 1 aromatic carbocycles. The highest BCUT2D eigenvalue weighted by Gasteiger charge is 2.33. The fraction of sp³-hybridized carbons (Fsp3) is 0.538. The van der Waals surface area contributed by atoms with Gasteiger partial charge in [0, 0.05) is 20.1 Å². The molecule has 0 aromatic heterocycles. The topological polar surface area (TPSA) is 18.5 Å². The van der Waals surface area contributed by atoms with E-state index >= 15 is 0 Å². The van der Waals surface area contributed by atoms with Crippen molar-refractivity contribution < 1.29 is 9.47 Å². The first-order valence-electron chi connectivity index (χ1n) is 5.42. The fourth-order valence-electron chi connectivity index (χ4n) is 2.61. The molecule has 0 fully saturated rings. The van der Waals surface area contributed by atoms with Crippen molar-refractivity contribution in [3.63, 3.8) is 0 Å². The molecule has 0 saturated heterocycles. The van der Waals surface area contributed by atoms with E-state index in [0.29, 0.717) is 11.8 Å². The highest BCUT2D eigenvalue weighted by atomic mass is 16.7. The Morgan fingerprint density at radius 2 is 1.73 bits per heavy atom. The Morgan fingerprint density at radius 3 is 2.33 bits per heavy atom. The van der Waals surface area contributed by atoms with Crippen molar-refractivity contribution in [2.24, 2.45) is 0 Å². The lowest BCUT2D eigenvalue weighted by Crippen LogP contribution is -2.21. The molecule has 0 N–H and O–H groups in total. The standard InChI is InChI=1S/C13H18O2/c1-9-8-12(13(14-2)15-3)11-7-5-4-6-10(9)11/h4-7,9,12-13H,8H2,1-3H3/t9-,12-/m0/s1. The van der Waals surface area contributed by atoms with Gasteiger partial charge in [0.1, 0.15) is 0 Å². The van der Waals surface area contributed by atoms with Gasteiger partial charge in [0.05, 0.1) is 0 Å². The van der Waals surface area contributed by atoms with Gasteiger partial charge in [0.2, 0.25) is 0 Å². The zero-order chi connectivity index (χ0) is 10.8. The Balaban J connectivity index is 2.31. The minimum absolute atomic E-state index is 0.115. The van der Waals surface area contributed by atoms with Crippen LogP contribution in [0, 0.1) is 0 Å². The molecule has 0 heterocycles.